The van der Waals surface area contributed by atoms with Crippen LogP contribution in [0.15, 0.2) is 65.8 Å². The normalized spacial score (nSPS) is 17.5. The van der Waals surface area contributed by atoms with E-state index in [9.17, 15) is 8.42 Å². The van der Waals surface area contributed by atoms with Crippen molar-refractivity contribution < 1.29 is 13.2 Å². The van der Waals surface area contributed by atoms with Crippen LogP contribution >= 0.6 is 35.6 Å². The van der Waals surface area contributed by atoms with Crippen molar-refractivity contribution in [2.45, 2.75) is 36.1 Å². The van der Waals surface area contributed by atoms with Gasteiger partial charge >= 0.3 is 0 Å². The Balaban J connectivity index is 0.00000324. The minimum atomic E-state index is -3.62. The van der Waals surface area contributed by atoms with Crippen molar-refractivity contribution in [2.24, 2.45) is 5.73 Å². The molecule has 0 fully saturated rings. The van der Waals surface area contributed by atoms with Crippen LogP contribution in [-0.4, -0.2) is 32.6 Å². The van der Waals surface area contributed by atoms with E-state index in [1.807, 2.05) is 24.3 Å². The first kappa shape index (κ1) is 26.7. The Labute approximate surface area is 216 Å². The van der Waals surface area contributed by atoms with Crippen molar-refractivity contribution in [3.8, 4) is 5.75 Å². The predicted molar refractivity (Wildman–Crippen MR) is 138 cm³/mol. The van der Waals surface area contributed by atoms with Crippen LogP contribution in [0.5, 0.6) is 5.75 Å². The molecule has 0 bridgehead atoms. The van der Waals surface area contributed by atoms with Gasteiger partial charge in [0.25, 0.3) is 0 Å². The molecule has 10 heteroatoms. The number of aryl methyl sites for hydroxylation is 1. The van der Waals surface area contributed by atoms with Gasteiger partial charge in [0.15, 0.2) is 0 Å². The van der Waals surface area contributed by atoms with Crippen LogP contribution in [0.3, 0.4) is 0 Å². The molecular formula is C24H26Cl3N3O3S. The second-order valence-corrected chi connectivity index (χ2v) is 10.6. The molecule has 182 valence electrons. The fourth-order valence-electron chi connectivity index (χ4n) is 4.11. The number of sulfonamides is 1. The lowest BCUT2D eigenvalue weighted by atomic mass is 9.76. The second-order valence-electron chi connectivity index (χ2n) is 8.06. The van der Waals surface area contributed by atoms with E-state index in [0.717, 1.165) is 30.4 Å². The molecule has 4 rings (SSSR count). The Bertz CT molecular complexity index is 1230. The van der Waals surface area contributed by atoms with Crippen molar-refractivity contribution in [3.63, 3.8) is 0 Å². The molecule has 3 aromatic rings. The Hall–Kier alpha value is -1.87. The van der Waals surface area contributed by atoms with Crippen LogP contribution in [0.1, 0.15) is 29.0 Å². The number of nitrogens with two attached hydrogens (primary N) is 1. The zero-order valence-electron chi connectivity index (χ0n) is 18.3. The number of benzene rings is 2. The monoisotopic (exact) mass is 541 g/mol. The second kappa shape index (κ2) is 11.7. The third-order valence-electron chi connectivity index (χ3n) is 5.83. The highest BCUT2D eigenvalue weighted by Gasteiger charge is 2.28. The van der Waals surface area contributed by atoms with Crippen molar-refractivity contribution >= 4 is 45.6 Å². The van der Waals surface area contributed by atoms with Crippen LogP contribution in [-0.2, 0) is 22.9 Å². The minimum Gasteiger partial charge on any atom is -0.492 e. The third-order valence-corrected chi connectivity index (χ3v) is 8.01. The number of hydrogen-bond acceptors (Lipinski definition) is 5. The first-order valence-electron chi connectivity index (χ1n) is 10.7. The summed E-state index contributed by atoms with van der Waals surface area (Å²) in [5, 5.41) is 1.06. The molecule has 1 aliphatic rings. The molecule has 1 aliphatic carbocycles. The molecule has 2 aromatic carbocycles. The fraction of sp³-hybridized carbons (Fsp3) is 0.292. The maximum atomic E-state index is 12.3. The molecular weight excluding hydrogens is 517 g/mol. The Morgan fingerprint density at radius 1 is 1.12 bits per heavy atom. The molecule has 1 aromatic heterocycles. The van der Waals surface area contributed by atoms with Crippen LogP contribution < -0.4 is 15.2 Å². The van der Waals surface area contributed by atoms with E-state index in [4.69, 9.17) is 33.7 Å². The molecule has 6 nitrogen and oxygen atoms in total. The Morgan fingerprint density at radius 2 is 1.94 bits per heavy atom. The van der Waals surface area contributed by atoms with E-state index < -0.39 is 10.0 Å². The topological polar surface area (TPSA) is 94.3 Å². The number of pyridine rings is 1. The molecule has 2 atom stereocenters. The van der Waals surface area contributed by atoms with Crippen LogP contribution in [0.2, 0.25) is 10.0 Å². The number of halogens is 3. The minimum absolute atomic E-state index is 0. The predicted octanol–water partition coefficient (Wildman–Crippen LogP) is 4.77. The number of hydrogen-bond donors (Lipinski definition) is 2. The molecule has 0 saturated heterocycles. The zero-order chi connectivity index (χ0) is 23.4. The van der Waals surface area contributed by atoms with Gasteiger partial charge in [0, 0.05) is 30.9 Å². The standard InChI is InChI=1S/C24H25Cl2N3O3S.ClH/c25-22-7-3-16(13-23(22)26)12-21-20-14-18(6-4-17(20)5-8-24(21)27)32-11-10-29-33(30,31)19-2-1-9-28-15-19;/h1-4,6-7,9,13-15,21,24,29H,5,8,10-12,27H2;1H. The van der Waals surface area contributed by atoms with E-state index in [1.165, 1.54) is 24.0 Å². The molecule has 3 N–H and O–H groups in total. The molecule has 34 heavy (non-hydrogen) atoms. The summed E-state index contributed by atoms with van der Waals surface area (Å²) in [6.07, 6.45) is 5.41. The molecule has 0 amide bonds. The molecule has 0 spiro atoms. The van der Waals surface area contributed by atoms with Gasteiger partial charge in [0.1, 0.15) is 17.3 Å². The quantitative estimate of drug-likeness (QED) is 0.400. The Morgan fingerprint density at radius 3 is 2.68 bits per heavy atom. The molecule has 0 aliphatic heterocycles. The van der Waals surface area contributed by atoms with Gasteiger partial charge in [-0.15, -0.1) is 12.4 Å². The van der Waals surface area contributed by atoms with E-state index in [0.29, 0.717) is 15.8 Å². The van der Waals surface area contributed by atoms with Gasteiger partial charge in [-0.3, -0.25) is 4.98 Å². The summed E-state index contributed by atoms with van der Waals surface area (Å²) in [4.78, 5) is 3.97. The van der Waals surface area contributed by atoms with Crippen molar-refractivity contribution in [3.05, 3.63) is 87.7 Å². The van der Waals surface area contributed by atoms with Crippen LogP contribution in [0.25, 0.3) is 0 Å². The molecule has 1 heterocycles. The smallest absolute Gasteiger partial charge is 0.242 e. The van der Waals surface area contributed by atoms with Gasteiger partial charge in [-0.2, -0.15) is 0 Å². The van der Waals surface area contributed by atoms with Gasteiger partial charge in [0.2, 0.25) is 10.0 Å². The summed E-state index contributed by atoms with van der Waals surface area (Å²) in [7, 11) is -3.62. The number of ether oxygens (including phenoxy) is 1. The van der Waals surface area contributed by atoms with E-state index in [1.54, 1.807) is 12.1 Å². The van der Waals surface area contributed by atoms with Crippen molar-refractivity contribution in [2.75, 3.05) is 13.2 Å². The van der Waals surface area contributed by atoms with Crippen molar-refractivity contribution in [1.29, 1.82) is 0 Å². The highest BCUT2D eigenvalue weighted by atomic mass is 35.5. The number of fused-ring (bicyclic) bond motifs is 1. The largest absolute Gasteiger partial charge is 0.492 e. The summed E-state index contributed by atoms with van der Waals surface area (Å²) in [5.74, 6) is 0.807. The molecule has 0 saturated carbocycles. The summed E-state index contributed by atoms with van der Waals surface area (Å²) in [6, 6.07) is 14.8. The number of aromatic nitrogens is 1. The van der Waals surface area contributed by atoms with E-state index in [-0.39, 0.29) is 42.4 Å². The Kier molecular flexibility index (Phi) is 9.20. The summed E-state index contributed by atoms with van der Waals surface area (Å²) >= 11 is 12.3. The van der Waals surface area contributed by atoms with Gasteiger partial charge < -0.3 is 10.5 Å². The highest BCUT2D eigenvalue weighted by molar-refractivity contribution is 7.89. The SMILES string of the molecule is Cl.NC1CCc2ccc(OCCNS(=O)(=O)c3cccnc3)cc2C1Cc1ccc(Cl)c(Cl)c1. The third kappa shape index (κ3) is 6.42. The lowest BCUT2D eigenvalue weighted by Crippen LogP contribution is -2.34. The van der Waals surface area contributed by atoms with Gasteiger partial charge in [-0.05, 0) is 72.4 Å². The number of nitrogens with zero attached hydrogens (tertiary/aromatic N) is 1. The van der Waals surface area contributed by atoms with E-state index >= 15 is 0 Å². The van der Waals surface area contributed by atoms with Crippen LogP contribution in [0, 0.1) is 0 Å². The number of rotatable bonds is 8. The lowest BCUT2D eigenvalue weighted by Gasteiger charge is -2.32. The first-order chi connectivity index (χ1) is 15.8. The fourth-order valence-corrected chi connectivity index (χ4v) is 5.40. The zero-order valence-corrected chi connectivity index (χ0v) is 21.4. The van der Waals surface area contributed by atoms with Gasteiger partial charge in [0.05, 0.1) is 10.0 Å². The lowest BCUT2D eigenvalue weighted by molar-refractivity contribution is 0.321. The molecule has 2 unspecified atom stereocenters. The average molecular weight is 543 g/mol. The first-order valence-corrected chi connectivity index (χ1v) is 12.9. The van der Waals surface area contributed by atoms with E-state index in [2.05, 4.69) is 15.8 Å². The highest BCUT2D eigenvalue weighted by Crippen LogP contribution is 2.36. The van der Waals surface area contributed by atoms with Gasteiger partial charge in [-0.1, -0.05) is 35.3 Å². The molecule has 0 radical (unpaired) electrons. The maximum absolute atomic E-state index is 12.3. The average Bonchev–Trinajstić information content (AvgIpc) is 2.81. The van der Waals surface area contributed by atoms with Gasteiger partial charge in [-0.25, -0.2) is 13.1 Å². The summed E-state index contributed by atoms with van der Waals surface area (Å²) < 4.78 is 33.0. The maximum Gasteiger partial charge on any atom is 0.242 e. The van der Waals surface area contributed by atoms with Crippen molar-refractivity contribution in [1.82, 2.24) is 9.71 Å². The number of nitrogens with one attached hydrogen (secondary N) is 1. The summed E-state index contributed by atoms with van der Waals surface area (Å²) in [6.45, 7) is 0.336. The summed E-state index contributed by atoms with van der Waals surface area (Å²) in [5.41, 5.74) is 10.00. The van der Waals surface area contributed by atoms with Crippen LogP contribution in [0.4, 0.5) is 0 Å².